The molecule has 0 heterocycles. The van der Waals surface area contributed by atoms with Crippen molar-refractivity contribution in [2.75, 3.05) is 0 Å². The molecule has 2 aromatic rings. The molecule has 4 fully saturated rings. The van der Waals surface area contributed by atoms with Gasteiger partial charge >= 0.3 is 47.8 Å². The fourth-order valence-corrected chi connectivity index (χ4v) is 9.63. The van der Waals surface area contributed by atoms with E-state index < -0.39 is 94.6 Å². The molecule has 0 spiro atoms. The monoisotopic (exact) mass is 1140 g/mol. The van der Waals surface area contributed by atoms with E-state index in [1.807, 2.05) is 60.7 Å². The molecule has 4 atom stereocenters. The minimum atomic E-state index is -0.943. The lowest BCUT2D eigenvalue weighted by Crippen LogP contribution is -2.39. The fraction of sp³-hybridized carbons (Fsp3) is 0.515. The van der Waals surface area contributed by atoms with E-state index in [4.69, 9.17) is 37.9 Å². The predicted molar refractivity (Wildman–Crippen MR) is 311 cm³/mol. The fourth-order valence-electron chi connectivity index (χ4n) is 9.63. The van der Waals surface area contributed by atoms with Crippen molar-refractivity contribution in [1.82, 2.24) is 0 Å². The van der Waals surface area contributed by atoms with E-state index in [9.17, 15) is 38.4 Å². The van der Waals surface area contributed by atoms with Gasteiger partial charge in [0.2, 0.25) is 0 Å². The van der Waals surface area contributed by atoms with Crippen molar-refractivity contribution in [2.24, 2.45) is 0 Å². The number of benzene rings is 2. The zero-order valence-corrected chi connectivity index (χ0v) is 49.7. The molecule has 0 radical (unpaired) electrons. The molecule has 0 bridgehead atoms. The highest BCUT2D eigenvalue weighted by Gasteiger charge is 2.42. The third-order valence-electron chi connectivity index (χ3n) is 14.6. The van der Waals surface area contributed by atoms with E-state index in [0.717, 1.165) is 127 Å². The van der Waals surface area contributed by atoms with Crippen LogP contribution < -0.4 is 0 Å². The molecule has 4 saturated carbocycles. The number of esters is 8. The first-order valence-corrected chi connectivity index (χ1v) is 28.4. The molecule has 0 aliphatic heterocycles. The van der Waals surface area contributed by atoms with Gasteiger partial charge in [-0.15, -0.1) is 0 Å². The molecule has 82 heavy (non-hydrogen) atoms. The van der Waals surface area contributed by atoms with Gasteiger partial charge in [0.05, 0.1) is 0 Å². The summed E-state index contributed by atoms with van der Waals surface area (Å²) in [6.45, 7) is 33.6. The Morgan fingerprint density at radius 2 is 0.585 bits per heavy atom. The summed E-state index contributed by atoms with van der Waals surface area (Å²) in [5, 5.41) is 0. The number of hydrogen-bond acceptors (Lipinski definition) is 16. The lowest BCUT2D eigenvalue weighted by Gasteiger charge is -2.37. The van der Waals surface area contributed by atoms with Crippen LogP contribution in [0.4, 0.5) is 0 Å². The van der Waals surface area contributed by atoms with Gasteiger partial charge in [-0.25, -0.2) is 38.4 Å². The van der Waals surface area contributed by atoms with Crippen LogP contribution in [0.3, 0.4) is 0 Å². The van der Waals surface area contributed by atoms with Crippen LogP contribution in [-0.4, -0.2) is 83.4 Å². The van der Waals surface area contributed by atoms with E-state index >= 15 is 0 Å². The van der Waals surface area contributed by atoms with Crippen LogP contribution in [0.15, 0.2) is 135 Å². The number of hydrogen-bond donors (Lipinski definition) is 0. The first kappa shape index (κ1) is 68.9. The summed E-state index contributed by atoms with van der Waals surface area (Å²) in [4.78, 5) is 94.3. The molecule has 0 aromatic heterocycles. The number of carbonyl (C=O) groups is 8. The summed E-state index contributed by atoms with van der Waals surface area (Å²) < 4.78 is 42.6. The van der Waals surface area contributed by atoms with E-state index in [1.165, 1.54) is 41.5 Å². The second-order valence-electron chi connectivity index (χ2n) is 21.8. The minimum Gasteiger partial charge on any atom is -0.452 e. The van der Waals surface area contributed by atoms with Crippen molar-refractivity contribution >= 4 is 47.8 Å². The summed E-state index contributed by atoms with van der Waals surface area (Å²) in [5.41, 5.74) is 0.664. The Morgan fingerprint density at radius 3 is 0.829 bits per heavy atom. The van der Waals surface area contributed by atoms with Crippen LogP contribution in [0.1, 0.15) is 182 Å². The molecule has 4 aliphatic carbocycles. The molecular formula is C66H88O16. The van der Waals surface area contributed by atoms with E-state index in [2.05, 4.69) is 39.5 Å². The number of rotatable bonds is 20. The third kappa shape index (κ3) is 21.2. The summed E-state index contributed by atoms with van der Waals surface area (Å²) in [6.07, 6.45) is 16.3. The number of carbonyl (C=O) groups excluding carboxylic acids is 8. The van der Waals surface area contributed by atoms with Crippen molar-refractivity contribution in [3.8, 4) is 0 Å². The van der Waals surface area contributed by atoms with E-state index in [0.29, 0.717) is 0 Å². The van der Waals surface area contributed by atoms with Crippen LogP contribution in [0.2, 0.25) is 0 Å². The van der Waals surface area contributed by atoms with Crippen LogP contribution in [-0.2, 0) is 87.5 Å². The van der Waals surface area contributed by atoms with Crippen LogP contribution in [0.5, 0.6) is 0 Å². The van der Waals surface area contributed by atoms with Crippen LogP contribution >= 0.6 is 0 Å². The van der Waals surface area contributed by atoms with Gasteiger partial charge in [0.15, 0.2) is 24.4 Å². The lowest BCUT2D eigenvalue weighted by atomic mass is 9.79. The van der Waals surface area contributed by atoms with Gasteiger partial charge in [-0.3, -0.25) is 0 Å². The smallest absolute Gasteiger partial charge is 0.348 e. The Hall–Kier alpha value is -7.36. The molecular weight excluding hydrogens is 1050 g/mol. The maximum absolute atomic E-state index is 12.4. The van der Waals surface area contributed by atoms with Crippen molar-refractivity contribution in [3.63, 3.8) is 0 Å². The standard InChI is InChI=1S/C19H24O4.C18H22O4.C15H22O4.C14H20O4/c1-14(2)17(20)22-15(3)18(21)23-19(12-8-5-9-13-19)16-10-6-4-7-11-16;1-13(2)16(19)21-14(3)17(20)22-18(11-7-8-12-18)15-9-5-4-6-10-15;1-5-15(9-7-6-8-10-15)19-14(17)12(4)18-13(16)11(2)3;1-5-14(8-6-7-9-14)18-13(16)11(4)17-12(15)10(2)3/h4,6-7,10-11,15H,1,5,8-9,12-13H2,2-3H3;4-6,9-10,14H,1,7-8,11-12H2,2-3H3;5,12H,1-2,6-10H2,3-4H3;5,11H,1-2,6-9H2,3-4H3. The van der Waals surface area contributed by atoms with E-state index in [-0.39, 0.29) is 22.3 Å². The molecule has 0 N–H and O–H groups in total. The van der Waals surface area contributed by atoms with Gasteiger partial charge < -0.3 is 37.9 Å². The van der Waals surface area contributed by atoms with Crippen LogP contribution in [0.25, 0.3) is 0 Å². The van der Waals surface area contributed by atoms with Crippen molar-refractivity contribution in [1.29, 1.82) is 0 Å². The maximum atomic E-state index is 12.4. The molecule has 0 saturated heterocycles. The van der Waals surface area contributed by atoms with Gasteiger partial charge in [0.25, 0.3) is 0 Å². The second kappa shape index (κ2) is 32.9. The Balaban J connectivity index is 0.000000288. The molecule has 4 unspecified atom stereocenters. The molecule has 16 heteroatoms. The van der Waals surface area contributed by atoms with Gasteiger partial charge in [-0.1, -0.05) is 113 Å². The zero-order chi connectivity index (χ0) is 61.3. The zero-order valence-electron chi connectivity index (χ0n) is 49.7. The normalized spacial score (nSPS) is 18.2. The second-order valence-corrected chi connectivity index (χ2v) is 21.8. The predicted octanol–water partition coefficient (Wildman–Crippen LogP) is 12.9. The van der Waals surface area contributed by atoms with Crippen LogP contribution in [0, 0.1) is 0 Å². The van der Waals surface area contributed by atoms with E-state index in [1.54, 1.807) is 26.0 Å². The molecule has 0 amide bonds. The highest BCUT2D eigenvalue weighted by molar-refractivity contribution is 5.91. The van der Waals surface area contributed by atoms with Crippen molar-refractivity contribution in [2.45, 2.75) is 218 Å². The quantitative estimate of drug-likeness (QED) is 0.0522. The Labute approximate surface area is 485 Å². The summed E-state index contributed by atoms with van der Waals surface area (Å²) in [7, 11) is 0. The van der Waals surface area contributed by atoms with Gasteiger partial charge in [-0.05, 0) is 181 Å². The molecule has 16 nitrogen and oxygen atoms in total. The van der Waals surface area contributed by atoms with Gasteiger partial charge in [-0.2, -0.15) is 0 Å². The Bertz CT molecular complexity index is 2570. The molecule has 6 rings (SSSR count). The van der Waals surface area contributed by atoms with Crippen molar-refractivity contribution in [3.05, 3.63) is 146 Å². The first-order valence-electron chi connectivity index (χ1n) is 28.4. The topological polar surface area (TPSA) is 210 Å². The lowest BCUT2D eigenvalue weighted by molar-refractivity contribution is -0.180. The average Bonchev–Trinajstić information content (AvgIpc) is 4.23. The number of ether oxygens (including phenoxy) is 8. The molecule has 4 aliphatic rings. The summed E-state index contributed by atoms with van der Waals surface area (Å²) >= 11 is 0. The summed E-state index contributed by atoms with van der Waals surface area (Å²) in [6, 6.07) is 19.6. The molecule has 2 aromatic carbocycles. The largest absolute Gasteiger partial charge is 0.452 e. The highest BCUT2D eigenvalue weighted by atomic mass is 16.6. The third-order valence-corrected chi connectivity index (χ3v) is 14.6. The van der Waals surface area contributed by atoms with Gasteiger partial charge in [0.1, 0.15) is 22.4 Å². The first-order chi connectivity index (χ1) is 38.7. The minimum absolute atomic E-state index is 0.258. The highest BCUT2D eigenvalue weighted by Crippen LogP contribution is 2.43. The van der Waals surface area contributed by atoms with Gasteiger partial charge in [0, 0.05) is 22.3 Å². The Kier molecular flexibility index (Phi) is 27.7. The maximum Gasteiger partial charge on any atom is 0.348 e. The Morgan fingerprint density at radius 1 is 0.366 bits per heavy atom. The van der Waals surface area contributed by atoms with Crippen molar-refractivity contribution < 1.29 is 76.3 Å². The summed E-state index contributed by atoms with van der Waals surface area (Å²) in [5.74, 6) is -4.41. The molecule has 448 valence electrons. The SMILES string of the molecule is C=C(C)C(=O)OC(C)C(=O)OC1(c2ccccc2)CCCC1.C=C(C)C(=O)OC(C)C(=O)OC1(c2ccccc2)CCCCC1.C=CC1(OC(=O)C(C)OC(=O)C(=C)C)CCCC1.C=CC1(OC(=O)C(C)OC(=O)C(=C)C)CCCCC1. The average molecular weight is 1140 g/mol.